The number of hydrogen-bond donors (Lipinski definition) is 2. The summed E-state index contributed by atoms with van der Waals surface area (Å²) in [5.41, 5.74) is 0. The van der Waals surface area contributed by atoms with Crippen LogP contribution in [0.2, 0.25) is 0 Å². The topological polar surface area (TPSA) is 50.4 Å². The van der Waals surface area contributed by atoms with Gasteiger partial charge in [0.15, 0.2) is 0 Å². The molecule has 0 aromatic heterocycles. The van der Waals surface area contributed by atoms with Crippen molar-refractivity contribution >= 4 is 18.5 Å². The number of amides is 1. The largest absolute Gasteiger partial charge is 0.444 e. The summed E-state index contributed by atoms with van der Waals surface area (Å²) < 4.78 is 4.98. The Morgan fingerprint density at radius 1 is 1.55 bits per heavy atom. The maximum atomic E-state index is 10.6. The molecule has 2 rings (SSSR count). The van der Waals surface area contributed by atoms with Gasteiger partial charge in [0.05, 0.1) is 6.04 Å². The number of ether oxygens (including phenoxy) is 1. The third-order valence-corrected chi connectivity index (χ3v) is 1.98. The molecule has 0 aliphatic carbocycles. The zero-order valence-corrected chi connectivity index (χ0v) is 6.82. The highest BCUT2D eigenvalue weighted by molar-refractivity contribution is 5.85. The predicted molar refractivity (Wildman–Crippen MR) is 41.9 cm³/mol. The molecule has 2 saturated heterocycles. The lowest BCUT2D eigenvalue weighted by atomic mass is 10.1. The summed E-state index contributed by atoms with van der Waals surface area (Å²) in [6, 6.07) is 0.209. The van der Waals surface area contributed by atoms with Crippen molar-refractivity contribution < 1.29 is 9.53 Å². The Hall–Kier alpha value is -0.480. The second-order valence-corrected chi connectivity index (χ2v) is 2.69. The van der Waals surface area contributed by atoms with Gasteiger partial charge in [0.25, 0.3) is 0 Å². The van der Waals surface area contributed by atoms with Crippen LogP contribution < -0.4 is 10.6 Å². The summed E-state index contributed by atoms with van der Waals surface area (Å²) in [4.78, 5) is 10.6. The number of nitrogens with one attached hydrogen (secondary N) is 2. The van der Waals surface area contributed by atoms with Crippen molar-refractivity contribution in [2.75, 3.05) is 13.1 Å². The summed E-state index contributed by atoms with van der Waals surface area (Å²) in [6.07, 6.45) is 0.788. The molecule has 0 aromatic carbocycles. The first-order valence-corrected chi connectivity index (χ1v) is 3.54. The van der Waals surface area contributed by atoms with E-state index in [2.05, 4.69) is 10.6 Å². The van der Waals surface area contributed by atoms with Gasteiger partial charge in [-0.15, -0.1) is 12.4 Å². The number of hydrogen-bond acceptors (Lipinski definition) is 3. The van der Waals surface area contributed by atoms with Gasteiger partial charge in [0, 0.05) is 6.54 Å². The first-order chi connectivity index (χ1) is 4.86. The number of alkyl carbamates (subject to hydrolysis) is 1. The highest BCUT2D eigenvalue weighted by atomic mass is 35.5. The Kier molecular flexibility index (Phi) is 2.57. The van der Waals surface area contributed by atoms with Crippen LogP contribution in [0.1, 0.15) is 6.42 Å². The third-order valence-electron chi connectivity index (χ3n) is 1.98. The monoisotopic (exact) mass is 178 g/mol. The average molecular weight is 179 g/mol. The fourth-order valence-corrected chi connectivity index (χ4v) is 1.44. The smallest absolute Gasteiger partial charge is 0.407 e. The number of halogens is 1. The van der Waals surface area contributed by atoms with E-state index in [1.54, 1.807) is 0 Å². The van der Waals surface area contributed by atoms with Crippen molar-refractivity contribution in [3.8, 4) is 0 Å². The Labute approximate surface area is 71.1 Å². The molecular weight excluding hydrogens is 168 g/mol. The maximum absolute atomic E-state index is 10.6. The fourth-order valence-electron chi connectivity index (χ4n) is 1.44. The van der Waals surface area contributed by atoms with E-state index in [1.165, 1.54) is 0 Å². The molecule has 2 atom stereocenters. The van der Waals surface area contributed by atoms with Crippen LogP contribution in [0.15, 0.2) is 0 Å². The summed E-state index contributed by atoms with van der Waals surface area (Å²) in [5.74, 6) is 0. The van der Waals surface area contributed by atoms with E-state index in [0.717, 1.165) is 19.5 Å². The van der Waals surface area contributed by atoms with Gasteiger partial charge in [-0.1, -0.05) is 0 Å². The molecule has 0 radical (unpaired) electrons. The van der Waals surface area contributed by atoms with E-state index in [4.69, 9.17) is 4.74 Å². The van der Waals surface area contributed by atoms with Crippen molar-refractivity contribution in [1.82, 2.24) is 10.6 Å². The van der Waals surface area contributed by atoms with Crippen molar-refractivity contribution in [1.29, 1.82) is 0 Å². The van der Waals surface area contributed by atoms with Gasteiger partial charge < -0.3 is 15.4 Å². The number of carbonyl (C=O) groups is 1. The fraction of sp³-hybridized carbons (Fsp3) is 0.833. The van der Waals surface area contributed by atoms with Gasteiger partial charge >= 0.3 is 6.09 Å². The molecule has 4 nitrogen and oxygen atoms in total. The number of carbonyl (C=O) groups excluding carboxylic acids is 1. The minimum Gasteiger partial charge on any atom is -0.444 e. The SMILES string of the molecule is Cl.O=C1N[C@@H]2CNCC[C@@H]2O1. The zero-order chi connectivity index (χ0) is 6.97. The number of piperidine rings is 1. The van der Waals surface area contributed by atoms with Crippen LogP contribution in [0.25, 0.3) is 0 Å². The summed E-state index contributed by atoms with van der Waals surface area (Å²) in [6.45, 7) is 1.80. The Morgan fingerprint density at radius 3 is 3.09 bits per heavy atom. The van der Waals surface area contributed by atoms with Crippen LogP contribution >= 0.6 is 12.4 Å². The predicted octanol–water partition coefficient (Wildman–Crippen LogP) is -0.121. The van der Waals surface area contributed by atoms with Crippen LogP contribution in [0.5, 0.6) is 0 Å². The molecule has 2 N–H and O–H groups in total. The van der Waals surface area contributed by atoms with Crippen molar-refractivity contribution in [2.24, 2.45) is 0 Å². The molecule has 2 heterocycles. The van der Waals surface area contributed by atoms with E-state index in [9.17, 15) is 4.79 Å². The van der Waals surface area contributed by atoms with Crippen LogP contribution in [0, 0.1) is 0 Å². The quantitative estimate of drug-likeness (QED) is 0.544. The molecule has 2 aliphatic rings. The molecule has 0 unspecified atom stereocenters. The van der Waals surface area contributed by atoms with Gasteiger partial charge in [0.2, 0.25) is 0 Å². The summed E-state index contributed by atoms with van der Waals surface area (Å²) in [5, 5.41) is 5.91. The van der Waals surface area contributed by atoms with Gasteiger partial charge in [-0.2, -0.15) is 0 Å². The second kappa shape index (κ2) is 3.28. The first kappa shape index (κ1) is 8.62. The first-order valence-electron chi connectivity index (χ1n) is 3.54. The third kappa shape index (κ3) is 1.57. The molecule has 0 bridgehead atoms. The average Bonchev–Trinajstić information content (AvgIpc) is 2.27. The van der Waals surface area contributed by atoms with E-state index in [0.29, 0.717) is 0 Å². The van der Waals surface area contributed by atoms with Crippen LogP contribution in [-0.2, 0) is 4.74 Å². The summed E-state index contributed by atoms with van der Waals surface area (Å²) in [7, 11) is 0. The lowest BCUT2D eigenvalue weighted by molar-refractivity contribution is 0.117. The van der Waals surface area contributed by atoms with E-state index in [-0.39, 0.29) is 30.6 Å². The normalized spacial score (nSPS) is 34.7. The molecule has 0 saturated carbocycles. The lowest BCUT2D eigenvalue weighted by Crippen LogP contribution is -2.46. The highest BCUT2D eigenvalue weighted by Crippen LogP contribution is 2.13. The molecule has 5 heteroatoms. The molecule has 0 aromatic rings. The van der Waals surface area contributed by atoms with Crippen molar-refractivity contribution in [3.05, 3.63) is 0 Å². The zero-order valence-electron chi connectivity index (χ0n) is 6.00. The lowest BCUT2D eigenvalue weighted by Gasteiger charge is -2.22. The Balaban J connectivity index is 0.000000605. The second-order valence-electron chi connectivity index (χ2n) is 2.69. The van der Waals surface area contributed by atoms with Crippen molar-refractivity contribution in [2.45, 2.75) is 18.6 Å². The van der Waals surface area contributed by atoms with Gasteiger partial charge in [-0.3, -0.25) is 0 Å². The van der Waals surface area contributed by atoms with Gasteiger partial charge in [-0.05, 0) is 13.0 Å². The van der Waals surface area contributed by atoms with Crippen LogP contribution in [0.4, 0.5) is 4.79 Å². The van der Waals surface area contributed by atoms with Crippen LogP contribution in [-0.4, -0.2) is 31.3 Å². The van der Waals surface area contributed by atoms with Gasteiger partial charge in [0.1, 0.15) is 6.10 Å². The minimum absolute atomic E-state index is 0. The highest BCUT2D eigenvalue weighted by Gasteiger charge is 2.35. The van der Waals surface area contributed by atoms with Crippen LogP contribution in [0.3, 0.4) is 0 Å². The standard InChI is InChI=1S/C6H10N2O2.ClH/c9-6-8-4-3-7-2-1-5(4)10-6;/h4-5,7H,1-3H2,(H,8,9);1H/t4-,5+;/m1./s1. The molecular formula is C6H11ClN2O2. The van der Waals surface area contributed by atoms with E-state index >= 15 is 0 Å². The summed E-state index contributed by atoms with van der Waals surface area (Å²) >= 11 is 0. The molecule has 1 amide bonds. The molecule has 0 spiro atoms. The van der Waals surface area contributed by atoms with Gasteiger partial charge in [-0.25, -0.2) is 4.79 Å². The number of rotatable bonds is 0. The maximum Gasteiger partial charge on any atom is 0.407 e. The molecule has 2 aliphatic heterocycles. The minimum atomic E-state index is -0.265. The van der Waals surface area contributed by atoms with E-state index < -0.39 is 0 Å². The molecule has 64 valence electrons. The molecule has 2 fully saturated rings. The molecule has 11 heavy (non-hydrogen) atoms. The Morgan fingerprint density at radius 2 is 2.36 bits per heavy atom. The number of fused-ring (bicyclic) bond motifs is 1. The Bertz CT molecular complexity index is 149. The van der Waals surface area contributed by atoms with E-state index in [1.807, 2.05) is 0 Å². The van der Waals surface area contributed by atoms with Crippen molar-refractivity contribution in [3.63, 3.8) is 0 Å².